The molecule has 6 nitrogen and oxygen atoms in total. The van der Waals surface area contributed by atoms with Gasteiger partial charge in [0, 0.05) is 5.56 Å². The summed E-state index contributed by atoms with van der Waals surface area (Å²) in [5.41, 5.74) is 0.249. The topological polar surface area (TPSA) is 84.9 Å². The average Bonchev–Trinajstić information content (AvgIpc) is 3.36. The van der Waals surface area contributed by atoms with Gasteiger partial charge in [-0.05, 0) is 44.2 Å². The summed E-state index contributed by atoms with van der Waals surface area (Å²) in [6.07, 6.45) is 2.43. The first-order chi connectivity index (χ1) is 11.5. The second kappa shape index (κ2) is 8.24. The van der Waals surface area contributed by atoms with Crippen LogP contribution in [0.15, 0.2) is 12.1 Å². The van der Waals surface area contributed by atoms with Gasteiger partial charge in [-0.2, -0.15) is 0 Å². The maximum absolute atomic E-state index is 12.4. The molecule has 2 N–H and O–H groups in total. The molecule has 1 unspecified atom stereocenters. The Labute approximate surface area is 146 Å². The Kier molecular flexibility index (Phi) is 6.31. The van der Waals surface area contributed by atoms with Crippen LogP contribution in [0.2, 0.25) is 5.02 Å². The van der Waals surface area contributed by atoms with E-state index in [2.05, 4.69) is 5.32 Å². The van der Waals surface area contributed by atoms with Gasteiger partial charge in [-0.25, -0.2) is 4.79 Å². The van der Waals surface area contributed by atoms with Crippen LogP contribution in [0, 0.1) is 5.92 Å². The van der Waals surface area contributed by atoms with Crippen LogP contribution in [0.3, 0.4) is 0 Å². The minimum Gasteiger partial charge on any atom is -0.490 e. The Morgan fingerprint density at radius 2 is 2.04 bits per heavy atom. The zero-order chi connectivity index (χ0) is 17.7. The van der Waals surface area contributed by atoms with Crippen molar-refractivity contribution in [3.63, 3.8) is 0 Å². The summed E-state index contributed by atoms with van der Waals surface area (Å²) in [4.78, 5) is 23.7. The third-order valence-electron chi connectivity index (χ3n) is 3.67. The van der Waals surface area contributed by atoms with Crippen molar-refractivity contribution in [1.82, 2.24) is 5.32 Å². The van der Waals surface area contributed by atoms with E-state index in [0.717, 1.165) is 19.3 Å². The normalized spacial score (nSPS) is 14.8. The maximum atomic E-state index is 12.4. The molecule has 1 aliphatic rings. The fraction of sp³-hybridized carbons (Fsp3) is 0.529. The summed E-state index contributed by atoms with van der Waals surface area (Å²) < 4.78 is 11.1. The molecule has 2 rings (SSSR count). The number of amides is 1. The summed E-state index contributed by atoms with van der Waals surface area (Å²) in [7, 11) is 0. The van der Waals surface area contributed by atoms with Crippen LogP contribution in [0.5, 0.6) is 11.5 Å². The van der Waals surface area contributed by atoms with E-state index in [1.54, 1.807) is 0 Å². The number of hydrogen-bond donors (Lipinski definition) is 2. The summed E-state index contributed by atoms with van der Waals surface area (Å²) in [5.74, 6) is -0.736. The number of carbonyl (C=O) groups excluding carboxylic acids is 1. The molecule has 24 heavy (non-hydrogen) atoms. The number of ether oxygens (including phenoxy) is 2. The van der Waals surface area contributed by atoms with Crippen LogP contribution in [0.1, 0.15) is 43.5 Å². The molecule has 0 heterocycles. The Morgan fingerprint density at radius 1 is 1.33 bits per heavy atom. The number of halogens is 1. The lowest BCUT2D eigenvalue weighted by molar-refractivity contribution is -0.139. The fourth-order valence-electron chi connectivity index (χ4n) is 2.34. The van der Waals surface area contributed by atoms with E-state index in [1.165, 1.54) is 12.1 Å². The summed E-state index contributed by atoms with van der Waals surface area (Å²) in [6.45, 7) is 4.66. The van der Waals surface area contributed by atoms with Crippen molar-refractivity contribution >= 4 is 23.5 Å². The maximum Gasteiger partial charge on any atom is 0.326 e. The summed E-state index contributed by atoms with van der Waals surface area (Å²) in [6, 6.07) is 2.13. The molecule has 0 aliphatic heterocycles. The average molecular weight is 356 g/mol. The number of carboxylic acid groups (broad SMARTS) is 1. The first kappa shape index (κ1) is 18.4. The minimum absolute atomic E-state index is 0.000412. The molecule has 1 fully saturated rings. The van der Waals surface area contributed by atoms with E-state index in [0.29, 0.717) is 24.7 Å². The van der Waals surface area contributed by atoms with Crippen LogP contribution < -0.4 is 14.8 Å². The van der Waals surface area contributed by atoms with Gasteiger partial charge in [0.15, 0.2) is 11.5 Å². The predicted octanol–water partition coefficient (Wildman–Crippen LogP) is 3.12. The Hall–Kier alpha value is -1.95. The largest absolute Gasteiger partial charge is 0.490 e. The molecule has 0 radical (unpaired) electrons. The van der Waals surface area contributed by atoms with Crippen molar-refractivity contribution < 1.29 is 24.2 Å². The lowest BCUT2D eigenvalue weighted by Crippen LogP contribution is -2.42. The van der Waals surface area contributed by atoms with E-state index in [-0.39, 0.29) is 16.5 Å². The third-order valence-corrected chi connectivity index (χ3v) is 3.95. The SMILES string of the molecule is CCCOc1c(Cl)cc(C(=O)NC(C(=O)O)C2CC2)cc1OCC. The monoisotopic (exact) mass is 355 g/mol. The molecule has 1 saturated carbocycles. The molecule has 0 saturated heterocycles. The minimum atomic E-state index is -1.02. The molecular formula is C17H22ClNO5. The van der Waals surface area contributed by atoms with Crippen LogP contribution in [0.25, 0.3) is 0 Å². The lowest BCUT2D eigenvalue weighted by atomic mass is 10.1. The molecular weight excluding hydrogens is 334 g/mol. The number of aliphatic carboxylic acids is 1. The van der Waals surface area contributed by atoms with Gasteiger partial charge in [0.2, 0.25) is 0 Å². The zero-order valence-electron chi connectivity index (χ0n) is 13.8. The molecule has 0 aromatic heterocycles. The van der Waals surface area contributed by atoms with E-state index in [9.17, 15) is 14.7 Å². The van der Waals surface area contributed by atoms with E-state index in [1.807, 2.05) is 13.8 Å². The summed E-state index contributed by atoms with van der Waals surface area (Å²) in [5, 5.41) is 12.1. The highest BCUT2D eigenvalue weighted by molar-refractivity contribution is 6.32. The number of benzene rings is 1. The molecule has 1 amide bonds. The van der Waals surface area contributed by atoms with E-state index < -0.39 is 17.9 Å². The molecule has 1 aromatic rings. The van der Waals surface area contributed by atoms with E-state index >= 15 is 0 Å². The Balaban J connectivity index is 2.22. The molecule has 132 valence electrons. The Morgan fingerprint density at radius 3 is 2.58 bits per heavy atom. The number of rotatable bonds is 9. The number of nitrogens with one attached hydrogen (secondary N) is 1. The van der Waals surface area contributed by atoms with Crippen LogP contribution in [-0.2, 0) is 4.79 Å². The predicted molar refractivity (Wildman–Crippen MR) is 90.0 cm³/mol. The standard InChI is InChI=1S/C17H22ClNO5/c1-3-7-24-15-12(18)8-11(9-13(15)23-4-2)16(20)19-14(17(21)22)10-5-6-10/h8-10,14H,3-7H2,1-2H3,(H,19,20)(H,21,22). The molecule has 1 aromatic carbocycles. The van der Waals surface area contributed by atoms with Crippen molar-refractivity contribution in [2.24, 2.45) is 5.92 Å². The number of carbonyl (C=O) groups is 2. The van der Waals surface area contributed by atoms with Gasteiger partial charge in [-0.15, -0.1) is 0 Å². The number of carboxylic acids is 1. The molecule has 7 heteroatoms. The van der Waals surface area contributed by atoms with Crippen molar-refractivity contribution in [2.75, 3.05) is 13.2 Å². The zero-order valence-corrected chi connectivity index (χ0v) is 14.6. The highest BCUT2D eigenvalue weighted by Gasteiger charge is 2.37. The van der Waals surface area contributed by atoms with Gasteiger partial charge in [0.1, 0.15) is 6.04 Å². The van der Waals surface area contributed by atoms with Gasteiger partial charge in [0.25, 0.3) is 5.91 Å². The van der Waals surface area contributed by atoms with Gasteiger partial charge in [0.05, 0.1) is 18.2 Å². The Bertz CT molecular complexity index is 615. The molecule has 0 bridgehead atoms. The smallest absolute Gasteiger partial charge is 0.326 e. The van der Waals surface area contributed by atoms with Gasteiger partial charge in [-0.3, -0.25) is 4.79 Å². The second-order valence-electron chi connectivity index (χ2n) is 5.69. The van der Waals surface area contributed by atoms with Gasteiger partial charge in [-0.1, -0.05) is 18.5 Å². The van der Waals surface area contributed by atoms with Crippen molar-refractivity contribution in [3.05, 3.63) is 22.7 Å². The molecule has 1 atom stereocenters. The quantitative estimate of drug-likeness (QED) is 0.711. The summed E-state index contributed by atoms with van der Waals surface area (Å²) >= 11 is 6.22. The molecule has 0 spiro atoms. The van der Waals surface area contributed by atoms with Crippen molar-refractivity contribution in [2.45, 2.75) is 39.2 Å². The highest BCUT2D eigenvalue weighted by atomic mass is 35.5. The van der Waals surface area contributed by atoms with Crippen LogP contribution >= 0.6 is 11.6 Å². The first-order valence-electron chi connectivity index (χ1n) is 8.10. The lowest BCUT2D eigenvalue weighted by Gasteiger charge is -2.17. The van der Waals surface area contributed by atoms with Crippen LogP contribution in [-0.4, -0.2) is 36.2 Å². The van der Waals surface area contributed by atoms with Gasteiger partial charge >= 0.3 is 5.97 Å². The highest BCUT2D eigenvalue weighted by Crippen LogP contribution is 2.37. The fourth-order valence-corrected chi connectivity index (χ4v) is 2.61. The van der Waals surface area contributed by atoms with E-state index in [4.69, 9.17) is 21.1 Å². The van der Waals surface area contributed by atoms with Gasteiger partial charge < -0.3 is 19.9 Å². The third kappa shape index (κ3) is 4.54. The van der Waals surface area contributed by atoms with Crippen molar-refractivity contribution in [3.8, 4) is 11.5 Å². The molecule has 1 aliphatic carbocycles. The first-order valence-corrected chi connectivity index (χ1v) is 8.48. The number of hydrogen-bond acceptors (Lipinski definition) is 4. The van der Waals surface area contributed by atoms with Crippen molar-refractivity contribution in [1.29, 1.82) is 0 Å². The van der Waals surface area contributed by atoms with Crippen LogP contribution in [0.4, 0.5) is 0 Å². The second-order valence-corrected chi connectivity index (χ2v) is 6.10.